The maximum atomic E-state index is 5.81. The number of likely N-dealkylation sites (N-methyl/N-ethyl adjacent to an activating group) is 1. The van der Waals surface area contributed by atoms with E-state index in [-0.39, 0.29) is 0 Å². The first-order valence-corrected chi connectivity index (χ1v) is 7.19. The van der Waals surface area contributed by atoms with Crippen LogP contribution in [0.4, 0.5) is 0 Å². The number of methoxy groups -OCH3 is 1. The Balaban J connectivity index is 1.74. The van der Waals surface area contributed by atoms with Crippen LogP contribution in [0.2, 0.25) is 0 Å². The minimum atomic E-state index is 0.689. The molecule has 1 aromatic heterocycles. The minimum absolute atomic E-state index is 0.689. The minimum Gasteiger partial charge on any atom is -0.493 e. The molecule has 0 fully saturated rings. The highest BCUT2D eigenvalue weighted by Crippen LogP contribution is 2.28. The zero-order chi connectivity index (χ0) is 15.1. The van der Waals surface area contributed by atoms with Gasteiger partial charge in [0, 0.05) is 18.5 Å². The molecule has 0 aliphatic rings. The fraction of sp³-hybridized carbons (Fsp3) is 0.500. The van der Waals surface area contributed by atoms with Crippen LogP contribution in [0.25, 0.3) is 11.0 Å². The molecule has 0 spiro atoms. The summed E-state index contributed by atoms with van der Waals surface area (Å²) in [4.78, 5) is 2.11. The summed E-state index contributed by atoms with van der Waals surface area (Å²) in [7, 11) is 5.73. The Morgan fingerprint density at radius 3 is 2.86 bits per heavy atom. The number of para-hydroxylation sites is 1. The first-order chi connectivity index (χ1) is 10.2. The van der Waals surface area contributed by atoms with Crippen molar-refractivity contribution in [2.75, 3.05) is 47.5 Å². The number of ether oxygens (including phenoxy) is 2. The van der Waals surface area contributed by atoms with Gasteiger partial charge in [0.1, 0.15) is 5.76 Å². The summed E-state index contributed by atoms with van der Waals surface area (Å²) < 4.78 is 16.6. The van der Waals surface area contributed by atoms with E-state index in [4.69, 9.17) is 13.9 Å². The zero-order valence-corrected chi connectivity index (χ0v) is 13.0. The summed E-state index contributed by atoms with van der Waals surface area (Å²) in [6.45, 7) is 3.91. The highest BCUT2D eigenvalue weighted by molar-refractivity contribution is 5.83. The smallest absolute Gasteiger partial charge is 0.176 e. The molecule has 0 radical (unpaired) electrons. The lowest BCUT2D eigenvalue weighted by Gasteiger charge is -2.09. The van der Waals surface area contributed by atoms with Crippen molar-refractivity contribution >= 4 is 11.0 Å². The monoisotopic (exact) mass is 292 g/mol. The zero-order valence-electron chi connectivity index (χ0n) is 13.0. The summed E-state index contributed by atoms with van der Waals surface area (Å²) in [6, 6.07) is 7.93. The molecule has 0 aliphatic carbocycles. The van der Waals surface area contributed by atoms with Gasteiger partial charge < -0.3 is 24.1 Å². The topological polar surface area (TPSA) is 46.9 Å². The third kappa shape index (κ3) is 4.74. The van der Waals surface area contributed by atoms with Crippen molar-refractivity contribution in [2.45, 2.75) is 6.54 Å². The molecule has 116 valence electrons. The Kier molecular flexibility index (Phi) is 6.04. The van der Waals surface area contributed by atoms with Crippen LogP contribution in [0, 0.1) is 0 Å². The second-order valence-electron chi connectivity index (χ2n) is 5.18. The molecule has 1 aromatic carbocycles. The molecule has 21 heavy (non-hydrogen) atoms. The van der Waals surface area contributed by atoms with Crippen LogP contribution in [0.3, 0.4) is 0 Å². The van der Waals surface area contributed by atoms with Gasteiger partial charge in [-0.25, -0.2) is 0 Å². The van der Waals surface area contributed by atoms with Gasteiger partial charge in [0.15, 0.2) is 11.3 Å². The van der Waals surface area contributed by atoms with Gasteiger partial charge in [0.25, 0.3) is 0 Å². The summed E-state index contributed by atoms with van der Waals surface area (Å²) in [5.41, 5.74) is 0.805. The Labute approximate surface area is 125 Å². The lowest BCUT2D eigenvalue weighted by atomic mass is 10.2. The van der Waals surface area contributed by atoms with Crippen molar-refractivity contribution in [2.24, 2.45) is 0 Å². The van der Waals surface area contributed by atoms with Crippen LogP contribution in [0.1, 0.15) is 5.76 Å². The van der Waals surface area contributed by atoms with E-state index in [9.17, 15) is 0 Å². The molecule has 0 atom stereocenters. The lowest BCUT2D eigenvalue weighted by Crippen LogP contribution is -2.22. The van der Waals surface area contributed by atoms with Crippen molar-refractivity contribution in [1.29, 1.82) is 0 Å². The number of hydrogen-bond acceptors (Lipinski definition) is 5. The van der Waals surface area contributed by atoms with E-state index in [0.717, 1.165) is 42.2 Å². The van der Waals surface area contributed by atoms with Gasteiger partial charge >= 0.3 is 0 Å². The predicted octanol–water partition coefficient (Wildman–Crippen LogP) is 2.11. The molecular weight excluding hydrogens is 268 g/mol. The van der Waals surface area contributed by atoms with Gasteiger partial charge in [0.05, 0.1) is 26.9 Å². The van der Waals surface area contributed by atoms with E-state index in [1.807, 2.05) is 38.4 Å². The van der Waals surface area contributed by atoms with Crippen LogP contribution in [0.5, 0.6) is 5.75 Å². The molecule has 0 saturated carbocycles. The SMILES string of the molecule is COc1cccc2cc(CNCCOCCN(C)C)oc12. The standard InChI is InChI=1S/C16H24N2O3/c1-18(2)8-10-20-9-7-17-12-14-11-13-5-4-6-15(19-3)16(13)21-14/h4-6,11,17H,7-10,12H2,1-3H3. The van der Waals surface area contributed by atoms with Gasteiger partial charge in [-0.2, -0.15) is 0 Å². The average Bonchev–Trinajstić information content (AvgIpc) is 2.88. The highest BCUT2D eigenvalue weighted by atomic mass is 16.5. The van der Waals surface area contributed by atoms with Crippen LogP contribution in [-0.2, 0) is 11.3 Å². The summed E-state index contributed by atoms with van der Waals surface area (Å²) in [6.07, 6.45) is 0. The largest absolute Gasteiger partial charge is 0.493 e. The first-order valence-electron chi connectivity index (χ1n) is 7.19. The van der Waals surface area contributed by atoms with Gasteiger partial charge in [-0.3, -0.25) is 0 Å². The number of nitrogens with zero attached hydrogens (tertiary/aromatic N) is 1. The normalized spacial score (nSPS) is 11.4. The van der Waals surface area contributed by atoms with E-state index in [1.54, 1.807) is 7.11 Å². The number of furan rings is 1. The summed E-state index contributed by atoms with van der Waals surface area (Å²) in [5, 5.41) is 4.38. The van der Waals surface area contributed by atoms with Crippen molar-refractivity contribution in [3.05, 3.63) is 30.0 Å². The Bertz CT molecular complexity index is 551. The fourth-order valence-electron chi connectivity index (χ4n) is 2.04. The van der Waals surface area contributed by atoms with Crippen LogP contribution in [0.15, 0.2) is 28.7 Å². The number of benzene rings is 1. The van der Waals surface area contributed by atoms with Crippen molar-refractivity contribution < 1.29 is 13.9 Å². The van der Waals surface area contributed by atoms with E-state index >= 15 is 0 Å². The maximum Gasteiger partial charge on any atom is 0.176 e. The molecule has 2 rings (SSSR count). The van der Waals surface area contributed by atoms with Gasteiger partial charge in [-0.15, -0.1) is 0 Å². The van der Waals surface area contributed by atoms with E-state index < -0.39 is 0 Å². The van der Waals surface area contributed by atoms with Crippen LogP contribution < -0.4 is 10.1 Å². The van der Waals surface area contributed by atoms with Crippen LogP contribution >= 0.6 is 0 Å². The average molecular weight is 292 g/mol. The molecule has 0 bridgehead atoms. The third-order valence-electron chi connectivity index (χ3n) is 3.18. The second-order valence-corrected chi connectivity index (χ2v) is 5.18. The van der Waals surface area contributed by atoms with E-state index in [0.29, 0.717) is 13.2 Å². The molecule has 5 nitrogen and oxygen atoms in total. The molecular formula is C16H24N2O3. The lowest BCUT2D eigenvalue weighted by molar-refractivity contribution is 0.119. The quantitative estimate of drug-likeness (QED) is 0.717. The molecule has 0 aliphatic heterocycles. The second kappa shape index (κ2) is 8.02. The summed E-state index contributed by atoms with van der Waals surface area (Å²) in [5.74, 6) is 1.67. The van der Waals surface area contributed by atoms with E-state index in [1.165, 1.54) is 0 Å². The molecule has 1 heterocycles. The molecule has 1 N–H and O–H groups in total. The number of fused-ring (bicyclic) bond motifs is 1. The first kappa shape index (κ1) is 15.8. The molecule has 0 saturated heterocycles. The Morgan fingerprint density at radius 2 is 2.10 bits per heavy atom. The maximum absolute atomic E-state index is 5.81. The summed E-state index contributed by atoms with van der Waals surface area (Å²) >= 11 is 0. The third-order valence-corrected chi connectivity index (χ3v) is 3.18. The molecule has 5 heteroatoms. The van der Waals surface area contributed by atoms with Gasteiger partial charge in [-0.1, -0.05) is 12.1 Å². The van der Waals surface area contributed by atoms with Crippen molar-refractivity contribution in [3.63, 3.8) is 0 Å². The fourth-order valence-corrected chi connectivity index (χ4v) is 2.04. The van der Waals surface area contributed by atoms with Crippen molar-refractivity contribution in [3.8, 4) is 5.75 Å². The van der Waals surface area contributed by atoms with E-state index in [2.05, 4.69) is 10.2 Å². The van der Waals surface area contributed by atoms with Crippen LogP contribution in [-0.4, -0.2) is 52.4 Å². The molecule has 2 aromatic rings. The molecule has 0 unspecified atom stereocenters. The van der Waals surface area contributed by atoms with Crippen molar-refractivity contribution in [1.82, 2.24) is 10.2 Å². The number of rotatable bonds is 9. The number of hydrogen-bond donors (Lipinski definition) is 1. The van der Waals surface area contributed by atoms with Gasteiger partial charge in [-0.05, 0) is 26.2 Å². The number of nitrogens with one attached hydrogen (secondary N) is 1. The Hall–Kier alpha value is -1.56. The van der Waals surface area contributed by atoms with Gasteiger partial charge in [0.2, 0.25) is 0 Å². The highest BCUT2D eigenvalue weighted by Gasteiger charge is 2.07. The Morgan fingerprint density at radius 1 is 1.24 bits per heavy atom. The predicted molar refractivity (Wildman–Crippen MR) is 83.8 cm³/mol. The molecule has 0 amide bonds.